The van der Waals surface area contributed by atoms with E-state index < -0.39 is 0 Å². The highest BCUT2D eigenvalue weighted by atomic mass is 19.1. The van der Waals surface area contributed by atoms with Crippen molar-refractivity contribution in [1.29, 1.82) is 0 Å². The standard InChI is InChI=1S/C26H31F2NO3/c1-2-31-25(30)5-3-4-20-14-16-29(17-15-20)18-19-32-26(21-6-10-23(27)11-7-21)22-8-12-24(28)13-9-22/h3,5-13,20,26H,2,4,14-19H2,1H3. The highest BCUT2D eigenvalue weighted by Crippen LogP contribution is 2.27. The molecule has 172 valence electrons. The minimum atomic E-state index is -0.373. The van der Waals surface area contributed by atoms with Gasteiger partial charge in [-0.1, -0.05) is 30.3 Å². The van der Waals surface area contributed by atoms with Gasteiger partial charge in [0.15, 0.2) is 0 Å². The molecule has 0 unspecified atom stereocenters. The summed E-state index contributed by atoms with van der Waals surface area (Å²) in [6.07, 6.45) is 6.10. The zero-order chi connectivity index (χ0) is 22.8. The summed E-state index contributed by atoms with van der Waals surface area (Å²) in [4.78, 5) is 13.8. The Balaban J connectivity index is 1.47. The monoisotopic (exact) mass is 443 g/mol. The third-order valence-electron chi connectivity index (χ3n) is 5.75. The van der Waals surface area contributed by atoms with Crippen molar-refractivity contribution in [2.24, 2.45) is 5.92 Å². The fraction of sp³-hybridized carbons (Fsp3) is 0.423. The van der Waals surface area contributed by atoms with E-state index in [1.54, 1.807) is 31.2 Å². The summed E-state index contributed by atoms with van der Waals surface area (Å²) in [6, 6.07) is 12.5. The number of carbonyl (C=O) groups excluding carboxylic acids is 1. The molecule has 1 aliphatic heterocycles. The molecule has 32 heavy (non-hydrogen) atoms. The minimum Gasteiger partial charge on any atom is -0.463 e. The van der Waals surface area contributed by atoms with Crippen molar-refractivity contribution in [3.63, 3.8) is 0 Å². The number of benzene rings is 2. The number of nitrogens with zero attached hydrogens (tertiary/aromatic N) is 1. The molecule has 3 rings (SSSR count). The Morgan fingerprint density at radius 1 is 1.03 bits per heavy atom. The number of likely N-dealkylation sites (tertiary alicyclic amines) is 1. The van der Waals surface area contributed by atoms with Gasteiger partial charge < -0.3 is 14.4 Å². The molecule has 2 aromatic rings. The molecule has 0 spiro atoms. The van der Waals surface area contributed by atoms with Crippen LogP contribution in [0.1, 0.15) is 43.4 Å². The molecule has 1 aliphatic rings. The van der Waals surface area contributed by atoms with E-state index in [0.29, 0.717) is 19.1 Å². The molecule has 0 saturated carbocycles. The van der Waals surface area contributed by atoms with E-state index in [9.17, 15) is 13.6 Å². The van der Waals surface area contributed by atoms with Gasteiger partial charge in [-0.15, -0.1) is 0 Å². The maximum Gasteiger partial charge on any atom is 0.330 e. The lowest BCUT2D eigenvalue weighted by molar-refractivity contribution is -0.137. The van der Waals surface area contributed by atoms with Crippen molar-refractivity contribution < 1.29 is 23.0 Å². The lowest BCUT2D eigenvalue weighted by atomic mass is 9.93. The number of ether oxygens (including phenoxy) is 2. The van der Waals surface area contributed by atoms with Gasteiger partial charge >= 0.3 is 5.97 Å². The Hall–Kier alpha value is -2.57. The first-order chi connectivity index (χ1) is 15.5. The van der Waals surface area contributed by atoms with Crippen molar-refractivity contribution in [2.45, 2.75) is 32.3 Å². The normalized spacial score (nSPS) is 15.5. The van der Waals surface area contributed by atoms with E-state index in [0.717, 1.165) is 50.0 Å². The minimum absolute atomic E-state index is 0.279. The van der Waals surface area contributed by atoms with Gasteiger partial charge in [0, 0.05) is 12.6 Å². The molecule has 0 aliphatic carbocycles. The number of esters is 1. The van der Waals surface area contributed by atoms with Gasteiger partial charge in [-0.3, -0.25) is 0 Å². The fourth-order valence-electron chi connectivity index (χ4n) is 3.95. The molecule has 0 aromatic heterocycles. The number of hydrogen-bond acceptors (Lipinski definition) is 4. The second-order valence-electron chi connectivity index (χ2n) is 8.03. The maximum atomic E-state index is 13.4. The van der Waals surface area contributed by atoms with Crippen molar-refractivity contribution >= 4 is 5.97 Å². The van der Waals surface area contributed by atoms with E-state index in [-0.39, 0.29) is 23.7 Å². The smallest absolute Gasteiger partial charge is 0.330 e. The summed E-state index contributed by atoms with van der Waals surface area (Å²) in [5.41, 5.74) is 1.68. The predicted molar refractivity (Wildman–Crippen MR) is 120 cm³/mol. The first-order valence-electron chi connectivity index (χ1n) is 11.2. The van der Waals surface area contributed by atoms with Gasteiger partial charge in [-0.05, 0) is 80.6 Å². The third kappa shape index (κ3) is 7.53. The number of carbonyl (C=O) groups is 1. The Labute approximate surface area is 188 Å². The predicted octanol–water partition coefficient (Wildman–Crippen LogP) is 5.29. The zero-order valence-electron chi connectivity index (χ0n) is 18.5. The Morgan fingerprint density at radius 2 is 1.59 bits per heavy atom. The van der Waals surface area contributed by atoms with Crippen molar-refractivity contribution in [3.8, 4) is 0 Å². The summed E-state index contributed by atoms with van der Waals surface area (Å²) in [5, 5.41) is 0. The van der Waals surface area contributed by atoms with Crippen LogP contribution in [0.4, 0.5) is 8.78 Å². The summed E-state index contributed by atoms with van der Waals surface area (Å²) < 4.78 is 37.8. The molecule has 0 radical (unpaired) electrons. The molecule has 4 nitrogen and oxygen atoms in total. The van der Waals surface area contributed by atoms with E-state index in [1.165, 1.54) is 30.3 Å². The van der Waals surface area contributed by atoms with Crippen molar-refractivity contribution in [2.75, 3.05) is 32.8 Å². The van der Waals surface area contributed by atoms with Crippen LogP contribution in [0, 0.1) is 17.6 Å². The lowest BCUT2D eigenvalue weighted by Gasteiger charge is -2.32. The number of piperidine rings is 1. The lowest BCUT2D eigenvalue weighted by Crippen LogP contribution is -2.36. The molecule has 1 saturated heterocycles. The van der Waals surface area contributed by atoms with E-state index >= 15 is 0 Å². The number of halogens is 2. The topological polar surface area (TPSA) is 38.8 Å². The molecule has 0 amide bonds. The van der Waals surface area contributed by atoms with Gasteiger partial charge in [0.25, 0.3) is 0 Å². The molecular weight excluding hydrogens is 412 g/mol. The Morgan fingerprint density at radius 3 is 2.12 bits per heavy atom. The van der Waals surface area contributed by atoms with Crippen molar-refractivity contribution in [1.82, 2.24) is 4.90 Å². The molecule has 2 aromatic carbocycles. The summed E-state index contributed by atoms with van der Waals surface area (Å²) in [5.74, 6) is -0.305. The van der Waals surface area contributed by atoms with E-state index in [4.69, 9.17) is 9.47 Å². The van der Waals surface area contributed by atoms with Crippen molar-refractivity contribution in [3.05, 3.63) is 83.4 Å². The molecule has 0 bridgehead atoms. The van der Waals surface area contributed by atoms with Crippen LogP contribution in [-0.2, 0) is 14.3 Å². The van der Waals surface area contributed by atoms with Crippen LogP contribution in [0.2, 0.25) is 0 Å². The Bertz CT molecular complexity index is 814. The van der Waals surface area contributed by atoms with Gasteiger partial charge in [0.1, 0.15) is 17.7 Å². The van der Waals surface area contributed by atoms with Crippen LogP contribution in [0.3, 0.4) is 0 Å². The Kier molecular flexibility index (Phi) is 9.38. The van der Waals surface area contributed by atoms with Gasteiger partial charge in [0.05, 0.1) is 13.2 Å². The van der Waals surface area contributed by atoms with Crippen LogP contribution in [0.25, 0.3) is 0 Å². The maximum absolute atomic E-state index is 13.4. The van der Waals surface area contributed by atoms with E-state index in [2.05, 4.69) is 4.90 Å². The highest BCUT2D eigenvalue weighted by molar-refractivity contribution is 5.81. The molecule has 6 heteroatoms. The average Bonchev–Trinajstić information content (AvgIpc) is 2.79. The quantitative estimate of drug-likeness (QED) is 0.369. The fourth-order valence-corrected chi connectivity index (χ4v) is 3.95. The van der Waals surface area contributed by atoms with Crippen LogP contribution in [0.5, 0.6) is 0 Å². The van der Waals surface area contributed by atoms with Gasteiger partial charge in [-0.2, -0.15) is 0 Å². The molecule has 0 atom stereocenters. The van der Waals surface area contributed by atoms with Crippen LogP contribution < -0.4 is 0 Å². The molecule has 0 N–H and O–H groups in total. The highest BCUT2D eigenvalue weighted by Gasteiger charge is 2.20. The van der Waals surface area contributed by atoms with Crippen LogP contribution in [0.15, 0.2) is 60.7 Å². The van der Waals surface area contributed by atoms with Gasteiger partial charge in [0.2, 0.25) is 0 Å². The first-order valence-corrected chi connectivity index (χ1v) is 11.2. The third-order valence-corrected chi connectivity index (χ3v) is 5.75. The second kappa shape index (κ2) is 12.5. The summed E-state index contributed by atoms with van der Waals surface area (Å²) in [7, 11) is 0. The average molecular weight is 444 g/mol. The van der Waals surface area contributed by atoms with Crippen LogP contribution >= 0.6 is 0 Å². The number of rotatable bonds is 10. The SMILES string of the molecule is CCOC(=O)C=CCC1CCN(CCOC(c2ccc(F)cc2)c2ccc(F)cc2)CC1. The first kappa shape index (κ1) is 24.1. The van der Waals surface area contributed by atoms with Crippen LogP contribution in [-0.4, -0.2) is 43.7 Å². The molecule has 1 fully saturated rings. The van der Waals surface area contributed by atoms with E-state index in [1.807, 2.05) is 6.08 Å². The summed E-state index contributed by atoms with van der Waals surface area (Å²) >= 11 is 0. The number of allylic oxidation sites excluding steroid dienone is 1. The molecule has 1 heterocycles. The largest absolute Gasteiger partial charge is 0.463 e. The molecular formula is C26H31F2NO3. The zero-order valence-corrected chi connectivity index (χ0v) is 18.5. The second-order valence-corrected chi connectivity index (χ2v) is 8.03. The number of hydrogen-bond donors (Lipinski definition) is 0. The summed E-state index contributed by atoms with van der Waals surface area (Å²) in [6.45, 7) is 5.48. The van der Waals surface area contributed by atoms with Gasteiger partial charge in [-0.25, -0.2) is 13.6 Å².